The minimum Gasteiger partial charge on any atom is -0.374 e. The molecule has 3 rings (SSSR count). The molecule has 5 nitrogen and oxygen atoms in total. The van der Waals surface area contributed by atoms with Gasteiger partial charge in [-0.1, -0.05) is 0 Å². The van der Waals surface area contributed by atoms with E-state index < -0.39 is 17.5 Å². The number of hydrogen-bond acceptors (Lipinski definition) is 4. The lowest BCUT2D eigenvalue weighted by molar-refractivity contribution is 0.102. The Balaban J connectivity index is 1.67. The fourth-order valence-electron chi connectivity index (χ4n) is 2.53. The number of hydrogen-bond donors (Lipinski definition) is 1. The number of carbonyl (C=O) groups excluding carboxylic acids is 1. The number of halogens is 2. The minimum atomic E-state index is -0.839. The highest BCUT2D eigenvalue weighted by Crippen LogP contribution is 2.18. The zero-order valence-corrected chi connectivity index (χ0v) is 14.7. The van der Waals surface area contributed by atoms with Gasteiger partial charge >= 0.3 is 0 Å². The maximum absolute atomic E-state index is 13.7. The molecule has 0 spiro atoms. The summed E-state index contributed by atoms with van der Waals surface area (Å²) in [4.78, 5) is 22.4. The van der Waals surface area contributed by atoms with E-state index in [0.29, 0.717) is 6.07 Å². The van der Waals surface area contributed by atoms with Crippen LogP contribution < -0.4 is 10.2 Å². The summed E-state index contributed by atoms with van der Waals surface area (Å²) in [5, 5.41) is 2.41. The highest BCUT2D eigenvalue weighted by Gasteiger charge is 2.13. The maximum atomic E-state index is 13.7. The summed E-state index contributed by atoms with van der Waals surface area (Å²) in [7, 11) is 1.91. The first-order chi connectivity index (χ1) is 13.0. The van der Waals surface area contributed by atoms with Crippen LogP contribution in [-0.4, -0.2) is 29.5 Å². The van der Waals surface area contributed by atoms with Crippen LogP contribution in [0.3, 0.4) is 0 Å². The summed E-state index contributed by atoms with van der Waals surface area (Å²) in [5.74, 6) is -2.11. The Hall–Kier alpha value is -3.35. The molecule has 27 heavy (non-hydrogen) atoms. The first-order valence-electron chi connectivity index (χ1n) is 8.35. The number of anilines is 2. The second kappa shape index (κ2) is 8.35. The van der Waals surface area contributed by atoms with Crippen LogP contribution in [0.25, 0.3) is 0 Å². The Morgan fingerprint density at radius 1 is 1.07 bits per heavy atom. The molecule has 1 amide bonds. The number of nitrogens with zero attached hydrogens (tertiary/aromatic N) is 3. The lowest BCUT2D eigenvalue weighted by Gasteiger charge is -2.19. The molecule has 0 radical (unpaired) electrons. The first-order valence-corrected chi connectivity index (χ1v) is 8.35. The van der Waals surface area contributed by atoms with Crippen molar-refractivity contribution >= 4 is 17.3 Å². The van der Waals surface area contributed by atoms with Gasteiger partial charge in [-0.15, -0.1) is 0 Å². The number of likely N-dealkylation sites (N-methyl/N-ethyl adjacent to an activating group) is 1. The summed E-state index contributed by atoms with van der Waals surface area (Å²) in [5.41, 5.74) is 2.02. The standard InChI is InChI=1S/C20H18F2N4O/c1-26(11-7-14-4-8-23-9-5-14)16-6-10-24-19(13-16)20(27)25-18-3-2-15(21)12-17(18)22/h2-6,8-10,12-13H,7,11H2,1H3,(H,25,27). The maximum Gasteiger partial charge on any atom is 0.274 e. The Kier molecular flexibility index (Phi) is 5.71. The van der Waals surface area contributed by atoms with Crippen molar-refractivity contribution in [2.75, 3.05) is 23.8 Å². The predicted molar refractivity (Wildman–Crippen MR) is 99.8 cm³/mol. The van der Waals surface area contributed by atoms with Crippen molar-refractivity contribution < 1.29 is 13.6 Å². The first kappa shape index (κ1) is 18.4. The van der Waals surface area contributed by atoms with Crippen molar-refractivity contribution in [1.82, 2.24) is 9.97 Å². The Morgan fingerprint density at radius 2 is 1.85 bits per heavy atom. The summed E-state index contributed by atoms with van der Waals surface area (Å²) >= 11 is 0. The molecule has 7 heteroatoms. The fourth-order valence-corrected chi connectivity index (χ4v) is 2.53. The van der Waals surface area contributed by atoms with Crippen LogP contribution in [0.2, 0.25) is 0 Å². The van der Waals surface area contributed by atoms with E-state index in [1.165, 1.54) is 12.3 Å². The topological polar surface area (TPSA) is 58.1 Å². The second-order valence-corrected chi connectivity index (χ2v) is 6.00. The molecule has 0 aliphatic heterocycles. The largest absolute Gasteiger partial charge is 0.374 e. The van der Waals surface area contributed by atoms with Crippen LogP contribution in [0, 0.1) is 11.6 Å². The predicted octanol–water partition coefficient (Wildman–Crippen LogP) is 3.69. The molecule has 0 unspecified atom stereocenters. The molecule has 0 atom stereocenters. The molecule has 0 bridgehead atoms. The van der Waals surface area contributed by atoms with E-state index in [2.05, 4.69) is 15.3 Å². The summed E-state index contributed by atoms with van der Waals surface area (Å²) in [6.45, 7) is 0.738. The van der Waals surface area contributed by atoms with E-state index in [0.717, 1.165) is 30.3 Å². The van der Waals surface area contributed by atoms with Gasteiger partial charge in [0, 0.05) is 43.9 Å². The van der Waals surface area contributed by atoms with E-state index >= 15 is 0 Å². The number of amides is 1. The second-order valence-electron chi connectivity index (χ2n) is 6.00. The average Bonchev–Trinajstić information content (AvgIpc) is 2.69. The van der Waals surface area contributed by atoms with E-state index in [1.807, 2.05) is 24.1 Å². The van der Waals surface area contributed by atoms with E-state index in [1.54, 1.807) is 24.5 Å². The van der Waals surface area contributed by atoms with Crippen LogP contribution in [0.1, 0.15) is 16.1 Å². The van der Waals surface area contributed by atoms with Gasteiger partial charge in [-0.2, -0.15) is 0 Å². The van der Waals surface area contributed by atoms with E-state index in [4.69, 9.17) is 0 Å². The summed E-state index contributed by atoms with van der Waals surface area (Å²) in [6.07, 6.45) is 5.84. The average molecular weight is 368 g/mol. The summed E-state index contributed by atoms with van der Waals surface area (Å²) in [6, 6.07) is 10.3. The molecule has 0 aliphatic rings. The SMILES string of the molecule is CN(CCc1ccncc1)c1ccnc(C(=O)Nc2ccc(F)cc2F)c1. The third kappa shape index (κ3) is 4.84. The Bertz CT molecular complexity index is 934. The third-order valence-electron chi connectivity index (χ3n) is 4.08. The van der Waals surface area contributed by atoms with Crippen LogP contribution in [0.5, 0.6) is 0 Å². The van der Waals surface area contributed by atoms with Gasteiger partial charge in [0.25, 0.3) is 5.91 Å². The van der Waals surface area contributed by atoms with E-state index in [9.17, 15) is 13.6 Å². The van der Waals surface area contributed by atoms with Crippen molar-refractivity contribution in [3.05, 3.63) is 83.9 Å². The molecule has 2 aromatic heterocycles. The number of aromatic nitrogens is 2. The Labute approximate surface area is 155 Å². The van der Waals surface area contributed by atoms with Crippen LogP contribution in [0.15, 0.2) is 61.1 Å². The molecular formula is C20H18F2N4O. The van der Waals surface area contributed by atoms with Crippen molar-refractivity contribution in [3.63, 3.8) is 0 Å². The van der Waals surface area contributed by atoms with Crippen LogP contribution in [0.4, 0.5) is 20.2 Å². The van der Waals surface area contributed by atoms with Gasteiger partial charge in [-0.25, -0.2) is 8.78 Å². The fraction of sp³-hybridized carbons (Fsp3) is 0.150. The highest BCUT2D eigenvalue weighted by atomic mass is 19.1. The quantitative estimate of drug-likeness (QED) is 0.721. The van der Waals surface area contributed by atoms with Crippen molar-refractivity contribution in [2.45, 2.75) is 6.42 Å². The van der Waals surface area contributed by atoms with Crippen molar-refractivity contribution in [2.24, 2.45) is 0 Å². The van der Waals surface area contributed by atoms with Gasteiger partial charge in [0.05, 0.1) is 5.69 Å². The molecular weight excluding hydrogens is 350 g/mol. The van der Waals surface area contributed by atoms with Gasteiger partial charge in [-0.3, -0.25) is 14.8 Å². The van der Waals surface area contributed by atoms with Gasteiger partial charge in [0.1, 0.15) is 17.3 Å². The van der Waals surface area contributed by atoms with Crippen molar-refractivity contribution in [1.29, 1.82) is 0 Å². The highest BCUT2D eigenvalue weighted by molar-refractivity contribution is 6.03. The molecule has 0 fully saturated rings. The van der Waals surface area contributed by atoms with E-state index in [-0.39, 0.29) is 11.4 Å². The van der Waals surface area contributed by atoms with Crippen molar-refractivity contribution in [3.8, 4) is 0 Å². The Morgan fingerprint density at radius 3 is 2.59 bits per heavy atom. The van der Waals surface area contributed by atoms with Gasteiger partial charge in [0.2, 0.25) is 0 Å². The number of pyridine rings is 2. The van der Waals surface area contributed by atoms with Gasteiger partial charge in [-0.05, 0) is 48.4 Å². The third-order valence-corrected chi connectivity index (χ3v) is 4.08. The van der Waals surface area contributed by atoms with Crippen LogP contribution >= 0.6 is 0 Å². The number of carbonyl (C=O) groups is 1. The van der Waals surface area contributed by atoms with Crippen LogP contribution in [-0.2, 0) is 6.42 Å². The number of nitrogens with one attached hydrogen (secondary N) is 1. The molecule has 138 valence electrons. The summed E-state index contributed by atoms with van der Waals surface area (Å²) < 4.78 is 26.7. The molecule has 0 aliphatic carbocycles. The zero-order chi connectivity index (χ0) is 19.2. The van der Waals surface area contributed by atoms with Gasteiger partial charge in [0.15, 0.2) is 0 Å². The molecule has 0 saturated carbocycles. The lowest BCUT2D eigenvalue weighted by atomic mass is 10.2. The normalized spacial score (nSPS) is 10.5. The molecule has 3 aromatic rings. The number of benzene rings is 1. The monoisotopic (exact) mass is 368 g/mol. The van der Waals surface area contributed by atoms with Gasteiger partial charge < -0.3 is 10.2 Å². The molecule has 0 saturated heterocycles. The lowest BCUT2D eigenvalue weighted by Crippen LogP contribution is -2.21. The molecule has 1 N–H and O–H groups in total. The molecule has 2 heterocycles. The number of rotatable bonds is 6. The zero-order valence-electron chi connectivity index (χ0n) is 14.7. The smallest absolute Gasteiger partial charge is 0.274 e. The molecule has 1 aromatic carbocycles. The minimum absolute atomic E-state index is 0.0976.